The molecule has 0 saturated carbocycles. The van der Waals surface area contributed by atoms with Crippen molar-refractivity contribution in [1.82, 2.24) is 0 Å². The van der Waals surface area contributed by atoms with Gasteiger partial charge in [0.1, 0.15) is 5.75 Å². The minimum absolute atomic E-state index is 0.148. The summed E-state index contributed by atoms with van der Waals surface area (Å²) in [5.41, 5.74) is 1.06. The summed E-state index contributed by atoms with van der Waals surface area (Å²) in [7, 11) is 0. The average molecular weight is 265 g/mol. The van der Waals surface area contributed by atoms with Crippen LogP contribution in [0.25, 0.3) is 0 Å². The molecule has 0 spiro atoms. The fraction of sp³-hybridized carbons (Fsp3) is 0.467. The van der Waals surface area contributed by atoms with E-state index < -0.39 is 0 Å². The van der Waals surface area contributed by atoms with Gasteiger partial charge in [0.15, 0.2) is 6.29 Å². The van der Waals surface area contributed by atoms with Gasteiger partial charge in [-0.2, -0.15) is 0 Å². The quantitative estimate of drug-likeness (QED) is 0.773. The van der Waals surface area contributed by atoms with Crippen molar-refractivity contribution in [3.05, 3.63) is 28.8 Å². The molecule has 0 radical (unpaired) electrons. The molecule has 2 nitrogen and oxygen atoms in total. The lowest BCUT2D eigenvalue weighted by Crippen LogP contribution is -2.25. The van der Waals surface area contributed by atoms with Crippen molar-refractivity contribution >= 4 is 11.6 Å². The third-order valence-electron chi connectivity index (χ3n) is 2.88. The van der Waals surface area contributed by atoms with Gasteiger partial charge in [-0.25, -0.2) is 0 Å². The highest BCUT2D eigenvalue weighted by Gasteiger charge is 2.16. The molecular weight excluding hydrogens is 248 g/mol. The van der Waals surface area contributed by atoms with Gasteiger partial charge in [-0.3, -0.25) is 0 Å². The van der Waals surface area contributed by atoms with Gasteiger partial charge in [-0.15, -0.1) is 5.92 Å². The first kappa shape index (κ1) is 13.3. The number of benzene rings is 1. The molecule has 1 heterocycles. The lowest BCUT2D eigenvalue weighted by atomic mass is 10.1. The smallest absolute Gasteiger partial charge is 0.199 e. The maximum Gasteiger partial charge on any atom is 0.199 e. The van der Waals surface area contributed by atoms with Crippen LogP contribution < -0.4 is 4.74 Å². The second-order valence-corrected chi connectivity index (χ2v) is 4.71. The molecule has 1 aliphatic heterocycles. The van der Waals surface area contributed by atoms with Crippen LogP contribution in [0.5, 0.6) is 5.75 Å². The standard InChI is InChI=1S/C15H17ClO2/c1-2-3-6-12-8-9-13(16)11-14(12)18-15-7-4-5-10-17-15/h8-9,11,15H,4-7,10H2,1H3. The van der Waals surface area contributed by atoms with Crippen LogP contribution in [0.2, 0.25) is 5.02 Å². The van der Waals surface area contributed by atoms with E-state index >= 15 is 0 Å². The number of ether oxygens (including phenoxy) is 2. The van der Waals surface area contributed by atoms with E-state index in [0.717, 1.165) is 37.2 Å². The fourth-order valence-electron chi connectivity index (χ4n) is 1.91. The lowest BCUT2D eigenvalue weighted by molar-refractivity contribution is -0.106. The third kappa shape index (κ3) is 3.66. The first-order valence-electron chi connectivity index (χ1n) is 6.26. The molecule has 1 aromatic rings. The predicted octanol–water partition coefficient (Wildman–Crippen LogP) is 3.81. The van der Waals surface area contributed by atoms with Gasteiger partial charge in [-0.05, 0) is 31.9 Å². The summed E-state index contributed by atoms with van der Waals surface area (Å²) in [5.74, 6) is 6.73. The van der Waals surface area contributed by atoms with Crippen molar-refractivity contribution in [2.24, 2.45) is 0 Å². The molecule has 1 fully saturated rings. The summed E-state index contributed by atoms with van der Waals surface area (Å²) < 4.78 is 11.5. The van der Waals surface area contributed by atoms with Crippen molar-refractivity contribution in [1.29, 1.82) is 0 Å². The number of rotatable bonds is 3. The summed E-state index contributed by atoms with van der Waals surface area (Å²) in [6, 6.07) is 5.67. The molecule has 1 atom stereocenters. The fourth-order valence-corrected chi connectivity index (χ4v) is 2.08. The van der Waals surface area contributed by atoms with Crippen LogP contribution in [0.4, 0.5) is 0 Å². The molecule has 2 rings (SSSR count). The van der Waals surface area contributed by atoms with Crippen LogP contribution in [0.1, 0.15) is 31.7 Å². The Morgan fingerprint density at radius 1 is 1.44 bits per heavy atom. The monoisotopic (exact) mass is 264 g/mol. The molecule has 0 aromatic heterocycles. The van der Waals surface area contributed by atoms with E-state index in [1.165, 1.54) is 0 Å². The maximum atomic E-state index is 6.01. The molecule has 0 N–H and O–H groups in total. The van der Waals surface area contributed by atoms with E-state index in [1.807, 2.05) is 25.1 Å². The Morgan fingerprint density at radius 2 is 2.33 bits per heavy atom. The van der Waals surface area contributed by atoms with Crippen molar-refractivity contribution in [3.63, 3.8) is 0 Å². The number of hydrogen-bond acceptors (Lipinski definition) is 2. The first-order valence-corrected chi connectivity index (χ1v) is 6.63. The highest BCUT2D eigenvalue weighted by atomic mass is 35.5. The first-order chi connectivity index (χ1) is 8.79. The molecule has 1 aromatic carbocycles. The topological polar surface area (TPSA) is 18.5 Å². The molecule has 0 amide bonds. The van der Waals surface area contributed by atoms with Crippen LogP contribution in [0.15, 0.2) is 18.2 Å². The Hall–Kier alpha value is -1.17. The summed E-state index contributed by atoms with van der Waals surface area (Å²) >= 11 is 6.01. The van der Waals surface area contributed by atoms with E-state index in [2.05, 4.69) is 11.8 Å². The molecule has 0 aliphatic carbocycles. The molecule has 96 valence electrons. The minimum Gasteiger partial charge on any atom is -0.465 e. The summed E-state index contributed by atoms with van der Waals surface area (Å²) in [6.45, 7) is 2.61. The van der Waals surface area contributed by atoms with E-state index in [0.29, 0.717) is 11.4 Å². The van der Waals surface area contributed by atoms with Crippen LogP contribution in [-0.4, -0.2) is 12.9 Å². The Kier molecular flexibility index (Phi) is 4.92. The van der Waals surface area contributed by atoms with Crippen molar-refractivity contribution in [2.75, 3.05) is 6.61 Å². The summed E-state index contributed by atoms with van der Waals surface area (Å²) in [6.07, 6.45) is 3.73. The SMILES string of the molecule is CC#CCc1ccc(Cl)cc1OC1CCCCO1. The maximum absolute atomic E-state index is 6.01. The van der Waals surface area contributed by atoms with Gasteiger partial charge in [0.05, 0.1) is 6.61 Å². The second-order valence-electron chi connectivity index (χ2n) is 4.27. The second kappa shape index (κ2) is 6.68. The predicted molar refractivity (Wildman–Crippen MR) is 72.8 cm³/mol. The Bertz CT molecular complexity index is 453. The van der Waals surface area contributed by atoms with Crippen LogP contribution in [-0.2, 0) is 11.2 Å². The van der Waals surface area contributed by atoms with Crippen LogP contribution in [0, 0.1) is 11.8 Å². The molecular formula is C15H17ClO2. The normalized spacial score (nSPS) is 18.9. The van der Waals surface area contributed by atoms with Crippen molar-refractivity contribution < 1.29 is 9.47 Å². The molecule has 0 bridgehead atoms. The van der Waals surface area contributed by atoms with Crippen molar-refractivity contribution in [3.8, 4) is 17.6 Å². The Balaban J connectivity index is 2.12. The van der Waals surface area contributed by atoms with E-state index in [-0.39, 0.29) is 6.29 Å². The van der Waals surface area contributed by atoms with E-state index in [4.69, 9.17) is 21.1 Å². The zero-order valence-corrected chi connectivity index (χ0v) is 11.3. The third-order valence-corrected chi connectivity index (χ3v) is 3.12. The van der Waals surface area contributed by atoms with E-state index in [1.54, 1.807) is 0 Å². The Labute approximate surface area is 113 Å². The average Bonchev–Trinajstić information content (AvgIpc) is 2.39. The number of halogens is 1. The van der Waals surface area contributed by atoms with Gasteiger partial charge in [0.2, 0.25) is 0 Å². The van der Waals surface area contributed by atoms with Crippen LogP contribution >= 0.6 is 11.6 Å². The summed E-state index contributed by atoms with van der Waals surface area (Å²) in [4.78, 5) is 0. The molecule has 1 saturated heterocycles. The molecule has 3 heteroatoms. The van der Waals surface area contributed by atoms with Crippen molar-refractivity contribution in [2.45, 2.75) is 38.9 Å². The minimum atomic E-state index is -0.148. The number of hydrogen-bond donors (Lipinski definition) is 0. The zero-order valence-electron chi connectivity index (χ0n) is 10.5. The van der Waals surface area contributed by atoms with Gasteiger partial charge in [0, 0.05) is 23.4 Å². The lowest BCUT2D eigenvalue weighted by Gasteiger charge is -2.24. The van der Waals surface area contributed by atoms with E-state index in [9.17, 15) is 0 Å². The zero-order chi connectivity index (χ0) is 12.8. The summed E-state index contributed by atoms with van der Waals surface area (Å²) in [5, 5.41) is 0.675. The molecule has 18 heavy (non-hydrogen) atoms. The van der Waals surface area contributed by atoms with Gasteiger partial charge < -0.3 is 9.47 Å². The molecule has 1 unspecified atom stereocenters. The molecule has 1 aliphatic rings. The largest absolute Gasteiger partial charge is 0.465 e. The van der Waals surface area contributed by atoms with Gasteiger partial charge >= 0.3 is 0 Å². The highest BCUT2D eigenvalue weighted by molar-refractivity contribution is 6.30. The highest BCUT2D eigenvalue weighted by Crippen LogP contribution is 2.27. The Morgan fingerprint density at radius 3 is 3.06 bits per heavy atom. The van der Waals surface area contributed by atoms with Gasteiger partial charge in [-0.1, -0.05) is 23.6 Å². The van der Waals surface area contributed by atoms with Crippen LogP contribution in [0.3, 0.4) is 0 Å². The van der Waals surface area contributed by atoms with Gasteiger partial charge in [0.25, 0.3) is 0 Å².